The summed E-state index contributed by atoms with van der Waals surface area (Å²) in [7, 11) is 0. The summed E-state index contributed by atoms with van der Waals surface area (Å²) < 4.78 is 0.751. The molecule has 1 aliphatic rings. The summed E-state index contributed by atoms with van der Waals surface area (Å²) in [6.07, 6.45) is 5.52. The van der Waals surface area contributed by atoms with Crippen molar-refractivity contribution in [1.29, 1.82) is 0 Å². The normalized spacial score (nSPS) is 16.1. The highest BCUT2D eigenvalue weighted by Crippen LogP contribution is 2.31. The van der Waals surface area contributed by atoms with Gasteiger partial charge in [-0.1, -0.05) is 30.5 Å². The van der Waals surface area contributed by atoms with E-state index in [1.807, 2.05) is 12.1 Å². The van der Waals surface area contributed by atoms with Crippen molar-refractivity contribution in [3.63, 3.8) is 0 Å². The Kier molecular flexibility index (Phi) is 4.46. The third kappa shape index (κ3) is 3.46. The minimum Gasteiger partial charge on any atom is -0.325 e. The van der Waals surface area contributed by atoms with E-state index in [1.165, 1.54) is 25.7 Å². The van der Waals surface area contributed by atoms with E-state index in [1.54, 1.807) is 6.07 Å². The molecule has 2 rings (SSSR count). The second-order valence-electron chi connectivity index (χ2n) is 4.50. The minimum absolute atomic E-state index is 0.0832. The second kappa shape index (κ2) is 5.87. The van der Waals surface area contributed by atoms with E-state index >= 15 is 0 Å². The van der Waals surface area contributed by atoms with Crippen molar-refractivity contribution in [3.8, 4) is 0 Å². The predicted octanol–water partition coefficient (Wildman–Crippen LogP) is 4.62. The SMILES string of the molecule is O=C(CC1CCCC1)Nc1cccc(Cl)c1Br. The summed E-state index contributed by atoms with van der Waals surface area (Å²) in [6, 6.07) is 5.47. The van der Waals surface area contributed by atoms with Crippen LogP contribution in [0.2, 0.25) is 5.02 Å². The highest BCUT2D eigenvalue weighted by Gasteiger charge is 2.18. The number of benzene rings is 1. The van der Waals surface area contributed by atoms with Gasteiger partial charge >= 0.3 is 0 Å². The van der Waals surface area contributed by atoms with Gasteiger partial charge in [-0.2, -0.15) is 0 Å². The van der Waals surface area contributed by atoms with Crippen LogP contribution < -0.4 is 5.32 Å². The Labute approximate surface area is 115 Å². The fourth-order valence-electron chi connectivity index (χ4n) is 2.28. The van der Waals surface area contributed by atoms with E-state index in [0.717, 1.165) is 10.2 Å². The van der Waals surface area contributed by atoms with Gasteiger partial charge in [0.05, 0.1) is 15.2 Å². The Morgan fingerprint density at radius 3 is 2.82 bits per heavy atom. The van der Waals surface area contributed by atoms with Crippen molar-refractivity contribution < 1.29 is 4.79 Å². The average molecular weight is 317 g/mol. The van der Waals surface area contributed by atoms with Gasteiger partial charge in [0.1, 0.15) is 0 Å². The third-order valence-electron chi connectivity index (χ3n) is 3.17. The lowest BCUT2D eigenvalue weighted by atomic mass is 10.0. The zero-order valence-corrected chi connectivity index (χ0v) is 11.9. The Morgan fingerprint density at radius 2 is 2.12 bits per heavy atom. The van der Waals surface area contributed by atoms with E-state index in [9.17, 15) is 4.79 Å². The number of nitrogens with one attached hydrogen (secondary N) is 1. The lowest BCUT2D eigenvalue weighted by molar-refractivity contribution is -0.117. The summed E-state index contributed by atoms with van der Waals surface area (Å²) in [6.45, 7) is 0. The van der Waals surface area contributed by atoms with Crippen molar-refractivity contribution in [2.75, 3.05) is 5.32 Å². The standard InChI is InChI=1S/C13H15BrClNO/c14-13-10(15)6-3-7-11(13)16-12(17)8-9-4-1-2-5-9/h3,6-7,9H,1-2,4-5,8H2,(H,16,17). The molecule has 1 fully saturated rings. The lowest BCUT2D eigenvalue weighted by Gasteiger charge is -2.11. The number of carbonyl (C=O) groups excluding carboxylic acids is 1. The molecule has 4 heteroatoms. The molecule has 0 bridgehead atoms. The zero-order chi connectivity index (χ0) is 12.3. The van der Waals surface area contributed by atoms with Gasteiger partial charge in [-0.15, -0.1) is 0 Å². The number of rotatable bonds is 3. The summed E-state index contributed by atoms with van der Waals surface area (Å²) in [4.78, 5) is 11.9. The Bertz CT molecular complexity index is 416. The molecule has 1 N–H and O–H groups in total. The number of carbonyl (C=O) groups is 1. The van der Waals surface area contributed by atoms with Crippen molar-refractivity contribution >= 4 is 39.1 Å². The second-order valence-corrected chi connectivity index (χ2v) is 5.70. The Balaban J connectivity index is 1.95. The van der Waals surface area contributed by atoms with Crippen LogP contribution in [0.1, 0.15) is 32.1 Å². The van der Waals surface area contributed by atoms with Crippen LogP contribution in [-0.4, -0.2) is 5.91 Å². The zero-order valence-electron chi connectivity index (χ0n) is 9.51. The molecule has 2 nitrogen and oxygen atoms in total. The topological polar surface area (TPSA) is 29.1 Å². The van der Waals surface area contributed by atoms with Crippen LogP contribution >= 0.6 is 27.5 Å². The number of hydrogen-bond donors (Lipinski definition) is 1. The molecule has 1 aromatic rings. The third-order valence-corrected chi connectivity index (χ3v) is 4.57. The van der Waals surface area contributed by atoms with Gasteiger partial charge < -0.3 is 5.32 Å². The molecule has 0 aliphatic heterocycles. The highest BCUT2D eigenvalue weighted by atomic mass is 79.9. The molecule has 0 saturated heterocycles. The van der Waals surface area contributed by atoms with Gasteiger partial charge in [-0.05, 0) is 46.8 Å². The predicted molar refractivity (Wildman–Crippen MR) is 74.4 cm³/mol. The fourth-order valence-corrected chi connectivity index (χ4v) is 2.82. The minimum atomic E-state index is 0.0832. The van der Waals surface area contributed by atoms with Crippen LogP contribution in [-0.2, 0) is 4.79 Å². The van der Waals surface area contributed by atoms with Crippen molar-refractivity contribution in [2.45, 2.75) is 32.1 Å². The largest absolute Gasteiger partial charge is 0.325 e. The monoisotopic (exact) mass is 315 g/mol. The van der Waals surface area contributed by atoms with Crippen molar-refractivity contribution in [3.05, 3.63) is 27.7 Å². The first-order chi connectivity index (χ1) is 8.16. The molecular formula is C13H15BrClNO. The fraction of sp³-hybridized carbons (Fsp3) is 0.462. The Hall–Kier alpha value is -0.540. The van der Waals surface area contributed by atoms with Gasteiger partial charge in [0, 0.05) is 6.42 Å². The van der Waals surface area contributed by atoms with E-state index < -0.39 is 0 Å². The molecule has 1 saturated carbocycles. The number of amides is 1. The molecule has 0 heterocycles. The molecule has 1 aromatic carbocycles. The van der Waals surface area contributed by atoms with E-state index in [2.05, 4.69) is 21.2 Å². The van der Waals surface area contributed by atoms with Crippen LogP contribution in [0.4, 0.5) is 5.69 Å². The molecule has 0 radical (unpaired) electrons. The Morgan fingerprint density at radius 1 is 1.41 bits per heavy atom. The number of hydrogen-bond acceptors (Lipinski definition) is 1. The van der Waals surface area contributed by atoms with Gasteiger partial charge in [0.2, 0.25) is 5.91 Å². The summed E-state index contributed by atoms with van der Waals surface area (Å²) in [5, 5.41) is 3.52. The van der Waals surface area contributed by atoms with Crippen LogP contribution in [0.15, 0.2) is 22.7 Å². The quantitative estimate of drug-likeness (QED) is 0.866. The first-order valence-electron chi connectivity index (χ1n) is 5.90. The summed E-state index contributed by atoms with van der Waals surface area (Å²) in [5.74, 6) is 0.646. The van der Waals surface area contributed by atoms with Gasteiger partial charge in [0.25, 0.3) is 0 Å². The van der Waals surface area contributed by atoms with Crippen LogP contribution in [0, 0.1) is 5.92 Å². The van der Waals surface area contributed by atoms with Crippen molar-refractivity contribution in [2.24, 2.45) is 5.92 Å². The summed E-state index contributed by atoms with van der Waals surface area (Å²) in [5.41, 5.74) is 0.750. The molecule has 17 heavy (non-hydrogen) atoms. The first-order valence-corrected chi connectivity index (χ1v) is 7.08. The molecule has 0 atom stereocenters. The molecule has 0 aromatic heterocycles. The van der Waals surface area contributed by atoms with E-state index in [0.29, 0.717) is 17.4 Å². The molecule has 1 amide bonds. The maximum Gasteiger partial charge on any atom is 0.224 e. The number of anilines is 1. The molecule has 0 unspecified atom stereocenters. The average Bonchev–Trinajstić information content (AvgIpc) is 2.77. The van der Waals surface area contributed by atoms with Crippen LogP contribution in [0.5, 0.6) is 0 Å². The maximum absolute atomic E-state index is 11.9. The van der Waals surface area contributed by atoms with Crippen LogP contribution in [0.25, 0.3) is 0 Å². The number of halogens is 2. The van der Waals surface area contributed by atoms with E-state index in [4.69, 9.17) is 11.6 Å². The lowest BCUT2D eigenvalue weighted by Crippen LogP contribution is -2.15. The highest BCUT2D eigenvalue weighted by molar-refractivity contribution is 9.10. The van der Waals surface area contributed by atoms with Gasteiger partial charge in [-0.25, -0.2) is 0 Å². The molecule has 1 aliphatic carbocycles. The smallest absolute Gasteiger partial charge is 0.224 e. The maximum atomic E-state index is 11.9. The van der Waals surface area contributed by atoms with Crippen molar-refractivity contribution in [1.82, 2.24) is 0 Å². The summed E-state index contributed by atoms with van der Waals surface area (Å²) >= 11 is 9.34. The molecular weight excluding hydrogens is 302 g/mol. The first kappa shape index (κ1) is 12.9. The van der Waals surface area contributed by atoms with Gasteiger partial charge in [-0.3, -0.25) is 4.79 Å². The molecule has 92 valence electrons. The van der Waals surface area contributed by atoms with Gasteiger partial charge in [0.15, 0.2) is 0 Å². The van der Waals surface area contributed by atoms with Crippen LogP contribution in [0.3, 0.4) is 0 Å². The van der Waals surface area contributed by atoms with E-state index in [-0.39, 0.29) is 5.91 Å². The molecule has 0 spiro atoms.